The number of halogens is 3. The van der Waals surface area contributed by atoms with E-state index < -0.39 is 11.7 Å². The van der Waals surface area contributed by atoms with Gasteiger partial charge in [0.1, 0.15) is 0 Å². The fraction of sp³-hybridized carbons (Fsp3) is 0.0189. The number of hydrogen-bond acceptors (Lipinski definition) is 0. The molecule has 10 aromatic rings. The van der Waals surface area contributed by atoms with Gasteiger partial charge in [0, 0.05) is 27.1 Å². The molecule has 9 heteroatoms. The molecule has 0 atom stereocenters. The quantitative estimate of drug-likeness (QED) is 0.155. The molecule has 0 aliphatic rings. The molecular weight excluding hydrogens is 778 g/mol. The number of nitrogens with zero attached hydrogens (tertiary/aromatic N) is 6. The summed E-state index contributed by atoms with van der Waals surface area (Å²) >= 11 is 0. The van der Waals surface area contributed by atoms with Crippen molar-refractivity contribution in [3.63, 3.8) is 0 Å². The lowest BCUT2D eigenvalue weighted by atomic mass is 9.94. The second-order valence-electron chi connectivity index (χ2n) is 14.7. The average molecular weight is 805 g/mol. The van der Waals surface area contributed by atoms with Gasteiger partial charge in [0.15, 0.2) is 17.1 Å². The zero-order chi connectivity index (χ0) is 42.7. The molecule has 0 spiro atoms. The minimum atomic E-state index is -4.82. The third kappa shape index (κ3) is 5.85. The zero-order valence-corrected chi connectivity index (χ0v) is 32.4. The van der Waals surface area contributed by atoms with Gasteiger partial charge in [0.05, 0.1) is 65.3 Å². The number of benzene rings is 8. The van der Waals surface area contributed by atoms with E-state index in [0.717, 1.165) is 60.9 Å². The van der Waals surface area contributed by atoms with Gasteiger partial charge >= 0.3 is 6.18 Å². The highest BCUT2D eigenvalue weighted by atomic mass is 19.4. The molecule has 10 rings (SSSR count). The van der Waals surface area contributed by atoms with Crippen molar-refractivity contribution < 1.29 is 13.2 Å². The van der Waals surface area contributed by atoms with Crippen LogP contribution >= 0.6 is 0 Å². The van der Waals surface area contributed by atoms with E-state index in [2.05, 4.69) is 25.4 Å². The minimum absolute atomic E-state index is 0.0889. The number of aromatic nitrogens is 2. The predicted molar refractivity (Wildman–Crippen MR) is 241 cm³/mol. The summed E-state index contributed by atoms with van der Waals surface area (Å²) in [4.78, 5) is 14.9. The van der Waals surface area contributed by atoms with E-state index >= 15 is 13.2 Å². The first-order valence-corrected chi connectivity index (χ1v) is 19.4. The summed E-state index contributed by atoms with van der Waals surface area (Å²) in [7, 11) is 0. The van der Waals surface area contributed by atoms with E-state index in [-0.39, 0.29) is 28.2 Å². The molecule has 6 nitrogen and oxygen atoms in total. The second-order valence-corrected chi connectivity index (χ2v) is 14.7. The predicted octanol–water partition coefficient (Wildman–Crippen LogP) is 16.1. The molecule has 0 saturated carbocycles. The Labute approximate surface area is 353 Å². The maximum absolute atomic E-state index is 15.1. The molecule has 62 heavy (non-hydrogen) atoms. The molecule has 0 bridgehead atoms. The van der Waals surface area contributed by atoms with Gasteiger partial charge in [-0.25, -0.2) is 19.4 Å². The Kier molecular flexibility index (Phi) is 8.70. The Morgan fingerprint density at radius 1 is 0.419 bits per heavy atom. The number of hydrogen-bond donors (Lipinski definition) is 0. The van der Waals surface area contributed by atoms with Crippen LogP contribution in [0.25, 0.3) is 108 Å². The first kappa shape index (κ1) is 37.4. The Hall–Kier alpha value is -8.89. The van der Waals surface area contributed by atoms with Crippen LogP contribution in [-0.2, 0) is 6.18 Å². The van der Waals surface area contributed by atoms with Crippen LogP contribution in [0.3, 0.4) is 0 Å². The topological polar surface area (TPSA) is 27.3 Å². The first-order valence-electron chi connectivity index (χ1n) is 19.4. The monoisotopic (exact) mass is 804 g/mol. The van der Waals surface area contributed by atoms with Crippen LogP contribution in [0.5, 0.6) is 0 Å². The van der Waals surface area contributed by atoms with Crippen molar-refractivity contribution >= 4 is 66.4 Å². The van der Waals surface area contributed by atoms with Crippen molar-refractivity contribution in [2.75, 3.05) is 0 Å². The number of alkyl halides is 3. The van der Waals surface area contributed by atoms with Gasteiger partial charge in [-0.1, -0.05) is 121 Å². The van der Waals surface area contributed by atoms with Crippen LogP contribution in [0.15, 0.2) is 164 Å². The van der Waals surface area contributed by atoms with Crippen LogP contribution in [0.4, 0.5) is 35.9 Å². The van der Waals surface area contributed by atoms with Crippen LogP contribution in [-0.4, -0.2) is 9.13 Å². The van der Waals surface area contributed by atoms with E-state index in [4.69, 9.17) is 26.3 Å². The van der Waals surface area contributed by atoms with Crippen LogP contribution in [0.1, 0.15) is 5.56 Å². The molecule has 0 aliphatic carbocycles. The van der Waals surface area contributed by atoms with E-state index in [9.17, 15) is 0 Å². The van der Waals surface area contributed by atoms with Gasteiger partial charge in [-0.05, 0) is 70.3 Å². The zero-order valence-electron chi connectivity index (χ0n) is 32.4. The number of fused-ring (bicyclic) bond motifs is 6. The molecule has 0 aliphatic heterocycles. The number of rotatable bonds is 5. The normalized spacial score (nSPS) is 11.4. The summed E-state index contributed by atoms with van der Waals surface area (Å²) in [5.74, 6) is 0. The number of para-hydroxylation sites is 2. The highest BCUT2D eigenvalue weighted by molar-refractivity contribution is 6.14. The Bertz CT molecular complexity index is 3660. The summed E-state index contributed by atoms with van der Waals surface area (Å²) in [6, 6.07) is 48.9. The minimum Gasteiger partial charge on any atom is -0.319 e. The molecule has 0 amide bonds. The van der Waals surface area contributed by atoms with Crippen molar-refractivity contribution in [2.24, 2.45) is 0 Å². The lowest BCUT2D eigenvalue weighted by molar-refractivity contribution is -0.137. The summed E-state index contributed by atoms with van der Waals surface area (Å²) in [6.45, 7) is 31.8. The van der Waals surface area contributed by atoms with Crippen molar-refractivity contribution in [3.8, 4) is 44.8 Å². The smallest absolute Gasteiger partial charge is 0.319 e. The van der Waals surface area contributed by atoms with Gasteiger partial charge in [0.2, 0.25) is 5.69 Å². The van der Waals surface area contributed by atoms with Gasteiger partial charge in [-0.2, -0.15) is 13.2 Å². The molecule has 0 saturated heterocycles. The fourth-order valence-corrected chi connectivity index (χ4v) is 8.70. The van der Waals surface area contributed by atoms with E-state index in [0.29, 0.717) is 28.1 Å². The van der Waals surface area contributed by atoms with Crippen molar-refractivity contribution in [1.82, 2.24) is 9.13 Å². The molecule has 2 aromatic heterocycles. The highest BCUT2D eigenvalue weighted by Crippen LogP contribution is 2.51. The summed E-state index contributed by atoms with van der Waals surface area (Å²) < 4.78 is 49.2. The van der Waals surface area contributed by atoms with E-state index in [1.807, 2.05) is 112 Å². The molecule has 290 valence electrons. The highest BCUT2D eigenvalue weighted by Gasteiger charge is 2.36. The molecule has 0 N–H and O–H groups in total. The van der Waals surface area contributed by atoms with Gasteiger partial charge in [-0.15, -0.1) is 0 Å². The molecule has 8 aromatic carbocycles. The van der Waals surface area contributed by atoms with Crippen LogP contribution < -0.4 is 0 Å². The lowest BCUT2D eigenvalue weighted by Crippen LogP contribution is -2.09. The summed E-state index contributed by atoms with van der Waals surface area (Å²) in [5.41, 5.74) is 6.94. The van der Waals surface area contributed by atoms with Gasteiger partial charge in [0.25, 0.3) is 0 Å². The van der Waals surface area contributed by atoms with E-state index in [1.54, 1.807) is 36.4 Å². The summed E-state index contributed by atoms with van der Waals surface area (Å²) in [5, 5.41) is 3.44. The second kappa shape index (κ2) is 14.4. The Morgan fingerprint density at radius 2 is 0.919 bits per heavy atom. The fourth-order valence-electron chi connectivity index (χ4n) is 8.70. The average Bonchev–Trinajstić information content (AvgIpc) is 3.82. The van der Waals surface area contributed by atoms with Crippen LogP contribution in [0.2, 0.25) is 0 Å². The Balaban J connectivity index is 1.32. The SMILES string of the molecule is [C-]#[N+]c1ccc(-c2ccc3c(c2)c2ccccc2n3-c2ccc(-c3c([N+]#[C-])cccc3C(F)(F)F)c(-n3c4ccccc4c4cc(-c5ccc([N+]#[C-])cc5)ccc43)c2[N+]#[C-])cc1. The van der Waals surface area contributed by atoms with Gasteiger partial charge in [-0.3, -0.25) is 0 Å². The Morgan fingerprint density at radius 3 is 1.44 bits per heavy atom. The standard InChI is InChI=1S/C53H27F3N6/c1-57-36-22-16-32(17-23-36)34-20-27-47-41(30-34)38-10-5-7-14-45(38)61(47)49-29-26-40(50-43(53(54,55)56)12-9-13-44(50)59-3)52(51(49)60-4)62-46-15-8-6-11-39(46)42-31-35(21-28-48(42)62)33-18-24-37(58-2)25-19-33/h5-31H. The van der Waals surface area contributed by atoms with Crippen molar-refractivity contribution in [3.05, 3.63) is 215 Å². The third-order valence-corrected chi connectivity index (χ3v) is 11.4. The molecular formula is C53H27F3N6. The molecule has 2 heterocycles. The molecule has 0 fully saturated rings. The molecule has 0 unspecified atom stereocenters. The van der Waals surface area contributed by atoms with Gasteiger partial charge < -0.3 is 9.13 Å². The summed E-state index contributed by atoms with van der Waals surface area (Å²) in [6.07, 6.45) is -4.82. The maximum Gasteiger partial charge on any atom is 0.415 e. The maximum atomic E-state index is 15.1. The lowest BCUT2D eigenvalue weighted by Gasteiger charge is -2.23. The largest absolute Gasteiger partial charge is 0.415 e. The van der Waals surface area contributed by atoms with Crippen molar-refractivity contribution in [2.45, 2.75) is 6.18 Å². The van der Waals surface area contributed by atoms with Crippen LogP contribution in [0, 0.1) is 26.3 Å². The third-order valence-electron chi connectivity index (χ3n) is 11.4. The van der Waals surface area contributed by atoms with E-state index in [1.165, 1.54) is 12.1 Å². The van der Waals surface area contributed by atoms with Crippen molar-refractivity contribution in [1.29, 1.82) is 0 Å². The molecule has 0 radical (unpaired) electrons. The first-order chi connectivity index (χ1) is 30.2.